The highest BCUT2D eigenvalue weighted by Gasteiger charge is 2.48. The molecule has 8 aromatic carbocycles. The van der Waals surface area contributed by atoms with E-state index in [1.54, 1.807) is 0 Å². The van der Waals surface area contributed by atoms with Crippen molar-refractivity contribution in [2.75, 3.05) is 54.3 Å². The molecule has 8 unspecified atom stereocenters. The first-order valence-electron chi connectivity index (χ1n) is 47.9. The van der Waals surface area contributed by atoms with E-state index in [2.05, 4.69) is 200 Å². The van der Waals surface area contributed by atoms with Gasteiger partial charge < -0.3 is 75.8 Å². The van der Waals surface area contributed by atoms with E-state index in [9.17, 15) is 0 Å². The maximum absolute atomic E-state index is 19.3. The lowest BCUT2D eigenvalue weighted by atomic mass is 9.74. The Morgan fingerprint density at radius 1 is 0.195 bits per heavy atom. The van der Waals surface area contributed by atoms with Crippen molar-refractivity contribution in [2.45, 2.75) is 308 Å². The van der Waals surface area contributed by atoms with E-state index in [1.807, 2.05) is 0 Å². The Kier molecular flexibility index (Phi) is 29.3. The number of carbonyl (C=O) groups excluding carboxylic acids is 1. The molecule has 23 heteroatoms. The minimum absolute atomic E-state index is 0.107. The summed E-state index contributed by atoms with van der Waals surface area (Å²) in [6, 6.07) is 19.1. The van der Waals surface area contributed by atoms with Crippen molar-refractivity contribution in [3.8, 4) is 92.0 Å². The average Bonchev–Trinajstić information content (AvgIpc) is 0.725. The summed E-state index contributed by atoms with van der Waals surface area (Å²) in [6.45, 7) is 16.4. The number of carbonyl (C=O) groups is 1. The maximum atomic E-state index is 19.3. The number of benzene rings is 8. The molecule has 0 fully saturated rings. The van der Waals surface area contributed by atoms with Gasteiger partial charge in [0.25, 0.3) is 0 Å². The fourth-order valence-electron chi connectivity index (χ4n) is 22.2. The van der Waals surface area contributed by atoms with Gasteiger partial charge in [-0.2, -0.15) is 0 Å². The van der Waals surface area contributed by atoms with Gasteiger partial charge in [0.05, 0.1) is 0 Å². The van der Waals surface area contributed by atoms with E-state index in [0.29, 0.717) is 136 Å². The zero-order valence-corrected chi connectivity index (χ0v) is 84.7. The predicted octanol–water partition coefficient (Wildman–Crippen LogP) is 31.6. The molecule has 684 valence electrons. The minimum atomic E-state index is -0.469. The maximum Gasteiger partial charge on any atom is 0.231 e. The quantitative estimate of drug-likeness (QED) is 0.0276. The van der Waals surface area contributed by atoms with E-state index < -0.39 is 29.5 Å². The second kappa shape index (κ2) is 40.9. The molecule has 0 spiro atoms. The monoisotopic (exact) mass is 2130 g/mol. The molecule has 0 amide bonds. The van der Waals surface area contributed by atoms with E-state index in [-0.39, 0.29) is 89.1 Å². The van der Waals surface area contributed by atoms with Crippen molar-refractivity contribution in [3.05, 3.63) is 176 Å². The van der Waals surface area contributed by atoms with Gasteiger partial charge in [-0.25, -0.2) is 0 Å². The molecule has 8 aliphatic heterocycles. The van der Waals surface area contributed by atoms with Gasteiger partial charge in [0.1, 0.15) is 130 Å². The summed E-state index contributed by atoms with van der Waals surface area (Å²) in [7, 11) is 0. The summed E-state index contributed by atoms with van der Waals surface area (Å²) < 4.78 is 120. The molecule has 8 atom stereocenters. The molecule has 8 aromatic rings. The SMILES string of the molecule is CCCCCC1c2cc3c4c(Br)c2OCOc2c1cc1c(c2Br)OCOc2c(cc5c(c2C(=O)c2c6c7cc8c2OCOc2c(cc9c(c2Br)OCOc2c(cc%10c(c2Br)OCOc2c(cc(c(c2Br)OCO6)C7CCCCC)C%10CCCCC)C9CCCCC)C8CCCCC)OCOc2c(cc(c(c2Br)OCO4)C3CCCCC)C5CCCCC)C1CCCCC. The number of ketones is 1. The van der Waals surface area contributed by atoms with E-state index in [4.69, 9.17) is 75.8 Å². The van der Waals surface area contributed by atoms with Crippen molar-refractivity contribution in [1.29, 1.82) is 0 Å². The van der Waals surface area contributed by atoms with E-state index in [0.717, 1.165) is 278 Å². The first kappa shape index (κ1) is 91.6. The standard InChI is InChI=1S/C105H120Br6O17/c1-9-17-25-33-57-65-41-66-58(34-26-18-10-2)70-44-74-62(38-30-22-14-6)78-47-77-61(37-29-21-13-5)73-43-69(57)94-83(106)98(73)121-53-125-102(77)87(110)103(78)126-54-122-99(74)84(107)95(70)118-50-114-91(66)81(90(65)113-49-117-94)89(112)82-92-67-42-68-60(36-28-20-12-4)72-46-76-64(40-32-24-16-8)80-48-79-63(39-31-23-15-7)75-45-71(59(67)35-27-19-11-3)96(119-51-115-92)85(108)100(75)123-55-127-104(79)88(111)105(80)128-56-124-101(76)86(109)97(72)120-52-116-93(68)82/h41-48,57-64H,9-40,49-56H2,1-8H3. The third-order valence-electron chi connectivity index (χ3n) is 28.5. The summed E-state index contributed by atoms with van der Waals surface area (Å²) in [5.41, 5.74) is 15.7. The molecule has 0 N–H and O–H groups in total. The van der Waals surface area contributed by atoms with Gasteiger partial charge in [0, 0.05) is 136 Å². The number of hydrogen-bond donors (Lipinski definition) is 0. The fourth-order valence-corrected chi connectivity index (χ4v) is 26.3. The normalized spacial score (nSPS) is 19.9. The van der Waals surface area contributed by atoms with Gasteiger partial charge >= 0.3 is 0 Å². The molecule has 8 heterocycles. The Morgan fingerprint density at radius 3 is 0.422 bits per heavy atom. The lowest BCUT2D eigenvalue weighted by Crippen LogP contribution is -2.26. The predicted molar refractivity (Wildman–Crippen MR) is 518 cm³/mol. The topological polar surface area (TPSA) is 165 Å². The van der Waals surface area contributed by atoms with Gasteiger partial charge in [0.15, 0.2) is 0 Å². The van der Waals surface area contributed by atoms with Crippen LogP contribution in [-0.2, 0) is 0 Å². The highest BCUT2D eigenvalue weighted by Crippen LogP contribution is 2.65. The number of rotatable bonds is 34. The smallest absolute Gasteiger partial charge is 0.231 e. The van der Waals surface area contributed by atoms with Crippen LogP contribution in [-0.4, -0.2) is 60.1 Å². The summed E-state index contributed by atoms with van der Waals surface area (Å²) in [5, 5.41) is 0. The van der Waals surface area contributed by atoms with E-state index in [1.165, 1.54) is 0 Å². The molecule has 18 rings (SSSR count). The Labute approximate surface area is 805 Å². The van der Waals surface area contributed by atoms with Crippen LogP contribution in [0.2, 0.25) is 0 Å². The molecule has 17 nitrogen and oxygen atoms in total. The van der Waals surface area contributed by atoms with Gasteiger partial charge in [-0.3, -0.25) is 4.79 Å². The number of ether oxygens (including phenoxy) is 16. The molecule has 16 bridgehead atoms. The third-order valence-corrected chi connectivity index (χ3v) is 32.8. The third kappa shape index (κ3) is 16.9. The molecule has 0 radical (unpaired) electrons. The highest BCUT2D eigenvalue weighted by atomic mass is 79.9. The van der Waals surface area contributed by atoms with Gasteiger partial charge in [-0.05, 0) is 195 Å². The van der Waals surface area contributed by atoms with Crippen LogP contribution in [0.1, 0.15) is 413 Å². The summed E-state index contributed by atoms with van der Waals surface area (Å²) >= 11 is 25.6. The molecule has 128 heavy (non-hydrogen) atoms. The molecule has 10 aliphatic rings. The van der Waals surface area contributed by atoms with Crippen molar-refractivity contribution >= 4 is 101 Å². The lowest BCUT2D eigenvalue weighted by Gasteiger charge is -2.37. The van der Waals surface area contributed by atoms with Crippen LogP contribution in [0.25, 0.3) is 0 Å². The zero-order valence-electron chi connectivity index (χ0n) is 75.2. The highest BCUT2D eigenvalue weighted by molar-refractivity contribution is 9.11. The van der Waals surface area contributed by atoms with Gasteiger partial charge in [-0.15, -0.1) is 0 Å². The largest absolute Gasteiger partial charge is 0.456 e. The summed E-state index contributed by atoms with van der Waals surface area (Å²) in [6.07, 6.45) is 28.5. The molecule has 0 aromatic heterocycles. The van der Waals surface area contributed by atoms with Crippen LogP contribution in [0.4, 0.5) is 0 Å². The number of unbranched alkanes of at least 4 members (excludes halogenated alkanes) is 16. The zero-order chi connectivity index (χ0) is 88.5. The molecule has 0 saturated carbocycles. The molecular formula is C105H120Br6O17. The number of hydrogen-bond acceptors (Lipinski definition) is 17. The first-order chi connectivity index (χ1) is 62.7. The van der Waals surface area contributed by atoms with Gasteiger partial charge in [-0.1, -0.05) is 209 Å². The van der Waals surface area contributed by atoms with Crippen LogP contribution in [0.5, 0.6) is 92.0 Å². The molecular weight excluding hydrogens is 2010 g/mol. The van der Waals surface area contributed by atoms with Crippen LogP contribution in [0.15, 0.2) is 75.4 Å². The minimum Gasteiger partial charge on any atom is -0.456 e. The average molecular weight is 2130 g/mol. The van der Waals surface area contributed by atoms with Crippen molar-refractivity contribution in [2.24, 2.45) is 0 Å². The second-order valence-electron chi connectivity index (χ2n) is 36.3. The van der Waals surface area contributed by atoms with Crippen LogP contribution in [0, 0.1) is 0 Å². The first-order valence-corrected chi connectivity index (χ1v) is 52.6. The fraction of sp³-hybridized carbons (Fsp3) is 0.533. The summed E-state index contributed by atoms with van der Waals surface area (Å²) in [5.74, 6) is 5.71. The van der Waals surface area contributed by atoms with Crippen LogP contribution < -0.4 is 75.8 Å². The van der Waals surface area contributed by atoms with Crippen molar-refractivity contribution in [1.82, 2.24) is 0 Å². The second-order valence-corrected chi connectivity index (χ2v) is 41.1. The van der Waals surface area contributed by atoms with Gasteiger partial charge in [0.2, 0.25) is 60.1 Å². The summed E-state index contributed by atoms with van der Waals surface area (Å²) in [4.78, 5) is 19.3. The van der Waals surface area contributed by atoms with Crippen LogP contribution >= 0.6 is 95.6 Å². The van der Waals surface area contributed by atoms with Crippen molar-refractivity contribution < 1.29 is 80.6 Å². The Morgan fingerprint density at radius 2 is 0.305 bits per heavy atom. The Balaban J connectivity index is 0.990. The molecule has 0 saturated heterocycles. The molecule has 2 aliphatic carbocycles. The lowest BCUT2D eigenvalue weighted by molar-refractivity contribution is 0.0880. The Bertz CT molecular complexity index is 4850. The van der Waals surface area contributed by atoms with Crippen molar-refractivity contribution in [3.63, 3.8) is 0 Å². The van der Waals surface area contributed by atoms with E-state index >= 15 is 4.79 Å². The Hall–Kier alpha value is -6.89. The van der Waals surface area contributed by atoms with Crippen LogP contribution in [0.3, 0.4) is 0 Å². The number of halogens is 6.